The van der Waals surface area contributed by atoms with Crippen LogP contribution in [0.4, 0.5) is 0 Å². The number of benzene rings is 1. The van der Waals surface area contributed by atoms with Gasteiger partial charge >= 0.3 is 0 Å². The van der Waals surface area contributed by atoms with Gasteiger partial charge in [-0.3, -0.25) is 4.90 Å². The van der Waals surface area contributed by atoms with Crippen molar-refractivity contribution in [1.82, 2.24) is 9.88 Å². The minimum absolute atomic E-state index is 0.478. The summed E-state index contributed by atoms with van der Waals surface area (Å²) in [5.41, 5.74) is 2.03. The Bertz CT molecular complexity index is 596. The second-order valence-corrected chi connectivity index (χ2v) is 5.79. The molecule has 1 fully saturated rings. The molecule has 0 N–H and O–H groups in total. The van der Waals surface area contributed by atoms with E-state index >= 15 is 0 Å². The van der Waals surface area contributed by atoms with Crippen molar-refractivity contribution < 1.29 is 4.74 Å². The number of piperidine rings is 1. The van der Waals surface area contributed by atoms with Gasteiger partial charge in [0.1, 0.15) is 6.61 Å². The normalized spacial score (nSPS) is 16.2. The van der Waals surface area contributed by atoms with E-state index in [-0.39, 0.29) is 0 Å². The minimum atomic E-state index is 0.478. The van der Waals surface area contributed by atoms with Crippen molar-refractivity contribution in [2.45, 2.75) is 25.1 Å². The summed E-state index contributed by atoms with van der Waals surface area (Å²) in [5, 5.41) is 1.11. The van der Waals surface area contributed by atoms with Crippen LogP contribution in [0, 0.1) is 0 Å². The number of halogens is 1. The standard InChI is InChI=1S/C17H21ClN2O/c18-13-14-12-17(19-16-7-3-2-6-15(14)16)21-11-10-20-8-4-1-5-9-20/h2-3,6-7,12H,1,4-5,8-11,13H2. The predicted octanol–water partition coefficient (Wildman–Crippen LogP) is 3.84. The largest absolute Gasteiger partial charge is 0.476 e. The molecule has 1 aromatic carbocycles. The monoisotopic (exact) mass is 304 g/mol. The van der Waals surface area contributed by atoms with Crippen LogP contribution in [0.25, 0.3) is 10.9 Å². The van der Waals surface area contributed by atoms with Gasteiger partial charge in [0.05, 0.1) is 5.52 Å². The van der Waals surface area contributed by atoms with E-state index in [0.29, 0.717) is 18.4 Å². The van der Waals surface area contributed by atoms with Gasteiger partial charge in [0.2, 0.25) is 5.88 Å². The fraction of sp³-hybridized carbons (Fsp3) is 0.471. The number of hydrogen-bond acceptors (Lipinski definition) is 3. The van der Waals surface area contributed by atoms with E-state index in [1.54, 1.807) is 0 Å². The fourth-order valence-electron chi connectivity index (χ4n) is 2.87. The second kappa shape index (κ2) is 7.10. The van der Waals surface area contributed by atoms with E-state index < -0.39 is 0 Å². The Hall–Kier alpha value is -1.32. The lowest BCUT2D eigenvalue weighted by atomic mass is 10.1. The molecule has 1 aliphatic rings. The van der Waals surface area contributed by atoms with Crippen LogP contribution in [0.3, 0.4) is 0 Å². The summed E-state index contributed by atoms with van der Waals surface area (Å²) in [6.45, 7) is 4.06. The molecule has 0 saturated carbocycles. The number of pyridine rings is 1. The topological polar surface area (TPSA) is 25.4 Å². The van der Waals surface area contributed by atoms with Crippen molar-refractivity contribution in [1.29, 1.82) is 0 Å². The number of nitrogens with zero attached hydrogens (tertiary/aromatic N) is 2. The van der Waals surface area contributed by atoms with E-state index in [2.05, 4.69) is 16.0 Å². The molecule has 0 unspecified atom stereocenters. The molecule has 0 radical (unpaired) electrons. The van der Waals surface area contributed by atoms with Crippen molar-refractivity contribution in [3.8, 4) is 5.88 Å². The first-order valence-corrected chi connectivity index (χ1v) is 8.20. The molecule has 2 aromatic rings. The highest BCUT2D eigenvalue weighted by Gasteiger charge is 2.10. The number of rotatable bonds is 5. The van der Waals surface area contributed by atoms with Crippen LogP contribution in [-0.4, -0.2) is 36.1 Å². The van der Waals surface area contributed by atoms with Crippen LogP contribution in [0.2, 0.25) is 0 Å². The van der Waals surface area contributed by atoms with Gasteiger partial charge in [0, 0.05) is 23.9 Å². The zero-order valence-electron chi connectivity index (χ0n) is 12.2. The Labute approximate surface area is 130 Å². The third-order valence-electron chi connectivity index (χ3n) is 4.03. The van der Waals surface area contributed by atoms with E-state index in [1.807, 2.05) is 24.3 Å². The number of hydrogen-bond donors (Lipinski definition) is 0. The lowest BCUT2D eigenvalue weighted by Gasteiger charge is -2.26. The smallest absolute Gasteiger partial charge is 0.214 e. The minimum Gasteiger partial charge on any atom is -0.476 e. The summed E-state index contributed by atoms with van der Waals surface area (Å²) in [7, 11) is 0. The van der Waals surface area contributed by atoms with E-state index in [4.69, 9.17) is 16.3 Å². The Balaban J connectivity index is 1.66. The summed E-state index contributed by atoms with van der Waals surface area (Å²) in [6.07, 6.45) is 3.98. The third-order valence-corrected chi connectivity index (χ3v) is 4.32. The molecule has 21 heavy (non-hydrogen) atoms. The Morgan fingerprint density at radius 2 is 1.95 bits per heavy atom. The van der Waals surface area contributed by atoms with Gasteiger partial charge in [-0.1, -0.05) is 24.6 Å². The summed E-state index contributed by atoms with van der Waals surface area (Å²) in [5.74, 6) is 1.16. The molecule has 0 amide bonds. The van der Waals surface area contributed by atoms with E-state index in [1.165, 1.54) is 32.4 Å². The van der Waals surface area contributed by atoms with Crippen LogP contribution in [0.5, 0.6) is 5.88 Å². The maximum atomic E-state index is 6.04. The average Bonchev–Trinajstić information content (AvgIpc) is 2.55. The molecule has 3 nitrogen and oxygen atoms in total. The number of para-hydroxylation sites is 1. The number of likely N-dealkylation sites (tertiary alicyclic amines) is 1. The Morgan fingerprint density at radius 3 is 2.76 bits per heavy atom. The average molecular weight is 305 g/mol. The first kappa shape index (κ1) is 14.6. The second-order valence-electron chi connectivity index (χ2n) is 5.52. The van der Waals surface area contributed by atoms with Gasteiger partial charge in [-0.15, -0.1) is 11.6 Å². The first-order valence-electron chi connectivity index (χ1n) is 7.66. The quantitative estimate of drug-likeness (QED) is 0.785. The third kappa shape index (κ3) is 3.66. The Kier molecular flexibility index (Phi) is 4.94. The van der Waals surface area contributed by atoms with Crippen LogP contribution < -0.4 is 4.74 Å². The summed E-state index contributed by atoms with van der Waals surface area (Å²) < 4.78 is 5.85. The molecule has 2 heterocycles. The molecule has 0 bridgehead atoms. The molecule has 1 aliphatic heterocycles. The number of alkyl halides is 1. The molecule has 1 aromatic heterocycles. The summed E-state index contributed by atoms with van der Waals surface area (Å²) >= 11 is 6.04. The maximum Gasteiger partial charge on any atom is 0.214 e. The van der Waals surface area contributed by atoms with Crippen LogP contribution in [-0.2, 0) is 5.88 Å². The highest BCUT2D eigenvalue weighted by atomic mass is 35.5. The zero-order valence-corrected chi connectivity index (χ0v) is 13.0. The molecule has 112 valence electrons. The maximum absolute atomic E-state index is 6.04. The van der Waals surface area contributed by atoms with E-state index in [9.17, 15) is 0 Å². The molecule has 0 atom stereocenters. The number of aromatic nitrogens is 1. The molecular weight excluding hydrogens is 284 g/mol. The SMILES string of the molecule is ClCc1cc(OCCN2CCCCC2)nc2ccccc12. The van der Waals surface area contributed by atoms with Crippen molar-refractivity contribution in [2.75, 3.05) is 26.2 Å². The summed E-state index contributed by atoms with van der Waals surface area (Å²) in [6, 6.07) is 10.0. The first-order chi connectivity index (χ1) is 10.4. The number of fused-ring (bicyclic) bond motifs is 1. The van der Waals surface area contributed by atoms with Gasteiger partial charge in [-0.25, -0.2) is 4.98 Å². The van der Waals surface area contributed by atoms with E-state index in [0.717, 1.165) is 23.0 Å². The molecule has 0 spiro atoms. The van der Waals surface area contributed by atoms with Crippen LogP contribution in [0.1, 0.15) is 24.8 Å². The van der Waals surface area contributed by atoms with Crippen molar-refractivity contribution in [2.24, 2.45) is 0 Å². The van der Waals surface area contributed by atoms with Crippen LogP contribution in [0.15, 0.2) is 30.3 Å². The lowest BCUT2D eigenvalue weighted by Crippen LogP contribution is -2.33. The highest BCUT2D eigenvalue weighted by molar-refractivity contribution is 6.18. The molecular formula is C17H21ClN2O. The molecule has 4 heteroatoms. The molecule has 3 rings (SSSR count). The van der Waals surface area contributed by atoms with Crippen molar-refractivity contribution in [3.63, 3.8) is 0 Å². The Morgan fingerprint density at radius 1 is 1.14 bits per heavy atom. The van der Waals surface area contributed by atoms with Crippen LogP contribution >= 0.6 is 11.6 Å². The van der Waals surface area contributed by atoms with Crippen molar-refractivity contribution in [3.05, 3.63) is 35.9 Å². The zero-order chi connectivity index (χ0) is 14.5. The van der Waals surface area contributed by atoms with Gasteiger partial charge in [0.25, 0.3) is 0 Å². The molecule has 1 saturated heterocycles. The lowest BCUT2D eigenvalue weighted by molar-refractivity contribution is 0.181. The molecule has 0 aliphatic carbocycles. The summed E-state index contributed by atoms with van der Waals surface area (Å²) in [4.78, 5) is 7.03. The highest BCUT2D eigenvalue weighted by Crippen LogP contribution is 2.23. The van der Waals surface area contributed by atoms with Gasteiger partial charge < -0.3 is 4.74 Å². The fourth-order valence-corrected chi connectivity index (χ4v) is 3.09. The number of ether oxygens (including phenoxy) is 1. The van der Waals surface area contributed by atoms with Gasteiger partial charge in [-0.2, -0.15) is 0 Å². The predicted molar refractivity (Wildman–Crippen MR) is 87.1 cm³/mol. The van der Waals surface area contributed by atoms with Gasteiger partial charge in [0.15, 0.2) is 0 Å². The van der Waals surface area contributed by atoms with Crippen molar-refractivity contribution >= 4 is 22.5 Å². The van der Waals surface area contributed by atoms with Gasteiger partial charge in [-0.05, 0) is 37.6 Å².